The van der Waals surface area contributed by atoms with Crippen LogP contribution in [0.25, 0.3) is 11.3 Å². The lowest BCUT2D eigenvalue weighted by Crippen LogP contribution is -2.38. The monoisotopic (exact) mass is 381 g/mol. The summed E-state index contributed by atoms with van der Waals surface area (Å²) in [5, 5.41) is 8.28. The quantitative estimate of drug-likeness (QED) is 0.743. The number of carbonyl (C=O) groups excluding carboxylic acids is 1. The zero-order chi connectivity index (χ0) is 18.6. The van der Waals surface area contributed by atoms with Crippen molar-refractivity contribution >= 4 is 17.5 Å². The summed E-state index contributed by atoms with van der Waals surface area (Å²) in [6, 6.07) is 9.40. The molecule has 1 N–H and O–H groups in total. The number of nitrogens with zero attached hydrogens (tertiary/aromatic N) is 4. The van der Waals surface area contributed by atoms with Crippen LogP contribution in [0.15, 0.2) is 55.2 Å². The van der Waals surface area contributed by atoms with Crippen LogP contribution in [0.3, 0.4) is 0 Å². The molecule has 7 heteroatoms. The number of hydrogen-bond donors (Lipinski definition) is 1. The number of halogens is 1. The van der Waals surface area contributed by atoms with E-state index in [2.05, 4.69) is 20.4 Å². The van der Waals surface area contributed by atoms with E-state index < -0.39 is 0 Å². The van der Waals surface area contributed by atoms with Crippen LogP contribution in [0.1, 0.15) is 42.1 Å². The Balaban J connectivity index is 1.33. The number of amides is 1. The van der Waals surface area contributed by atoms with Crippen molar-refractivity contribution in [2.75, 3.05) is 0 Å². The largest absolute Gasteiger partial charge is 0.349 e. The van der Waals surface area contributed by atoms with Crippen molar-refractivity contribution in [2.45, 2.75) is 37.8 Å². The predicted molar refractivity (Wildman–Crippen MR) is 103 cm³/mol. The van der Waals surface area contributed by atoms with Gasteiger partial charge in [0.15, 0.2) is 0 Å². The lowest BCUT2D eigenvalue weighted by atomic mass is 9.91. The van der Waals surface area contributed by atoms with Gasteiger partial charge >= 0.3 is 0 Å². The van der Waals surface area contributed by atoms with Gasteiger partial charge < -0.3 is 5.32 Å². The molecule has 1 saturated carbocycles. The third-order valence-corrected chi connectivity index (χ3v) is 5.24. The number of hydrogen-bond acceptors (Lipinski definition) is 4. The SMILES string of the molecule is O=C(NC1CCC(n2cc(-c3ccncn3)cn2)CC1)c1ccc(Cl)cc1. The van der Waals surface area contributed by atoms with Gasteiger partial charge in [0.25, 0.3) is 5.91 Å². The minimum Gasteiger partial charge on any atom is -0.349 e. The van der Waals surface area contributed by atoms with Gasteiger partial charge in [-0.15, -0.1) is 0 Å². The Kier molecular flexibility index (Phi) is 5.16. The second-order valence-electron chi connectivity index (χ2n) is 6.79. The van der Waals surface area contributed by atoms with Gasteiger partial charge in [-0.05, 0) is 56.0 Å². The average molecular weight is 382 g/mol. The summed E-state index contributed by atoms with van der Waals surface area (Å²) in [5.74, 6) is -0.0414. The van der Waals surface area contributed by atoms with Crippen LogP contribution in [0, 0.1) is 0 Å². The fraction of sp³-hybridized carbons (Fsp3) is 0.300. The fourth-order valence-corrected chi connectivity index (χ4v) is 3.61. The first kappa shape index (κ1) is 17.7. The van der Waals surface area contributed by atoms with E-state index in [-0.39, 0.29) is 11.9 Å². The number of nitrogens with one attached hydrogen (secondary N) is 1. The van der Waals surface area contributed by atoms with Crippen LogP contribution in [-0.4, -0.2) is 31.7 Å². The van der Waals surface area contributed by atoms with Crippen molar-refractivity contribution in [3.8, 4) is 11.3 Å². The summed E-state index contributed by atoms with van der Waals surface area (Å²) in [7, 11) is 0. The van der Waals surface area contributed by atoms with Gasteiger partial charge in [-0.1, -0.05) is 11.6 Å². The molecular formula is C20H20ClN5O. The summed E-state index contributed by atoms with van der Waals surface area (Å²) in [4.78, 5) is 20.6. The van der Waals surface area contributed by atoms with Crippen LogP contribution in [0.5, 0.6) is 0 Å². The first-order valence-corrected chi connectivity index (χ1v) is 9.44. The summed E-state index contributed by atoms with van der Waals surface area (Å²) >= 11 is 5.88. The summed E-state index contributed by atoms with van der Waals surface area (Å²) < 4.78 is 2.02. The molecule has 1 amide bonds. The van der Waals surface area contributed by atoms with Crippen molar-refractivity contribution in [3.05, 3.63) is 65.8 Å². The molecule has 2 heterocycles. The molecule has 0 radical (unpaired) electrons. The van der Waals surface area contributed by atoms with Gasteiger partial charge in [0, 0.05) is 34.6 Å². The molecule has 1 aliphatic carbocycles. The standard InChI is InChI=1S/C20H20ClN5O/c21-16-3-1-14(2-4-16)20(27)25-17-5-7-18(8-6-17)26-12-15(11-24-26)19-9-10-22-13-23-19/h1-4,9-13,17-18H,5-8H2,(H,25,27). The van der Waals surface area contributed by atoms with E-state index in [0.29, 0.717) is 16.6 Å². The third kappa shape index (κ3) is 4.17. The molecule has 0 aliphatic heterocycles. The van der Waals surface area contributed by atoms with Crippen molar-refractivity contribution in [1.82, 2.24) is 25.1 Å². The highest BCUT2D eigenvalue weighted by atomic mass is 35.5. The summed E-state index contributed by atoms with van der Waals surface area (Å²) in [6.45, 7) is 0. The average Bonchev–Trinajstić information content (AvgIpc) is 3.20. The molecule has 1 aliphatic rings. The molecule has 1 aromatic carbocycles. The highest BCUT2D eigenvalue weighted by molar-refractivity contribution is 6.30. The van der Waals surface area contributed by atoms with Gasteiger partial charge in [-0.2, -0.15) is 5.10 Å². The van der Waals surface area contributed by atoms with E-state index in [0.717, 1.165) is 36.9 Å². The highest BCUT2D eigenvalue weighted by Gasteiger charge is 2.24. The molecule has 0 saturated heterocycles. The third-order valence-electron chi connectivity index (χ3n) is 4.99. The Bertz CT molecular complexity index is 902. The molecule has 0 bridgehead atoms. The molecule has 3 aromatic rings. The molecule has 4 rings (SSSR count). The van der Waals surface area contributed by atoms with Crippen LogP contribution in [0.4, 0.5) is 0 Å². The van der Waals surface area contributed by atoms with Gasteiger partial charge in [-0.3, -0.25) is 9.48 Å². The smallest absolute Gasteiger partial charge is 0.251 e. The fourth-order valence-electron chi connectivity index (χ4n) is 3.49. The normalized spacial score (nSPS) is 19.6. The number of benzene rings is 1. The minimum absolute atomic E-state index is 0.0414. The van der Waals surface area contributed by atoms with E-state index in [4.69, 9.17) is 11.6 Å². The second kappa shape index (κ2) is 7.88. The Morgan fingerprint density at radius 1 is 1.11 bits per heavy atom. The first-order valence-electron chi connectivity index (χ1n) is 9.06. The zero-order valence-electron chi connectivity index (χ0n) is 14.8. The molecular weight excluding hydrogens is 362 g/mol. The van der Waals surface area contributed by atoms with Crippen molar-refractivity contribution < 1.29 is 4.79 Å². The Morgan fingerprint density at radius 2 is 1.89 bits per heavy atom. The van der Waals surface area contributed by atoms with Gasteiger partial charge in [0.1, 0.15) is 6.33 Å². The van der Waals surface area contributed by atoms with E-state index in [1.54, 1.807) is 36.8 Å². The molecule has 0 spiro atoms. The molecule has 138 valence electrons. The summed E-state index contributed by atoms with van der Waals surface area (Å²) in [6.07, 6.45) is 11.0. The lowest BCUT2D eigenvalue weighted by Gasteiger charge is -2.29. The lowest BCUT2D eigenvalue weighted by molar-refractivity contribution is 0.0921. The van der Waals surface area contributed by atoms with Gasteiger partial charge in [0.2, 0.25) is 0 Å². The molecule has 27 heavy (non-hydrogen) atoms. The molecule has 0 unspecified atom stereocenters. The number of aromatic nitrogens is 4. The Morgan fingerprint density at radius 3 is 2.59 bits per heavy atom. The topological polar surface area (TPSA) is 72.7 Å². The predicted octanol–water partition coefficient (Wildman–Crippen LogP) is 3.91. The minimum atomic E-state index is -0.0414. The molecule has 0 atom stereocenters. The maximum atomic E-state index is 12.4. The van der Waals surface area contributed by atoms with Gasteiger partial charge in [-0.25, -0.2) is 9.97 Å². The maximum Gasteiger partial charge on any atom is 0.251 e. The van der Waals surface area contributed by atoms with Crippen LogP contribution in [0.2, 0.25) is 5.02 Å². The zero-order valence-corrected chi connectivity index (χ0v) is 15.5. The van der Waals surface area contributed by atoms with Crippen LogP contribution in [-0.2, 0) is 0 Å². The number of rotatable bonds is 4. The number of carbonyl (C=O) groups is 1. The first-order chi connectivity index (χ1) is 13.2. The molecule has 2 aromatic heterocycles. The van der Waals surface area contributed by atoms with Crippen molar-refractivity contribution in [2.24, 2.45) is 0 Å². The van der Waals surface area contributed by atoms with Crippen molar-refractivity contribution in [1.29, 1.82) is 0 Å². The molecule has 6 nitrogen and oxygen atoms in total. The van der Waals surface area contributed by atoms with Crippen LogP contribution >= 0.6 is 11.6 Å². The van der Waals surface area contributed by atoms with E-state index in [1.165, 1.54) is 0 Å². The van der Waals surface area contributed by atoms with Crippen molar-refractivity contribution in [3.63, 3.8) is 0 Å². The highest BCUT2D eigenvalue weighted by Crippen LogP contribution is 2.29. The Hall–Kier alpha value is -2.73. The van der Waals surface area contributed by atoms with E-state index in [1.807, 2.05) is 23.1 Å². The molecule has 1 fully saturated rings. The summed E-state index contributed by atoms with van der Waals surface area (Å²) in [5.41, 5.74) is 2.51. The Labute approximate surface area is 162 Å². The maximum absolute atomic E-state index is 12.4. The van der Waals surface area contributed by atoms with Gasteiger partial charge in [0.05, 0.1) is 17.9 Å². The second-order valence-corrected chi connectivity index (χ2v) is 7.23. The van der Waals surface area contributed by atoms with Crippen LogP contribution < -0.4 is 5.32 Å². The van der Waals surface area contributed by atoms with E-state index >= 15 is 0 Å². The van der Waals surface area contributed by atoms with E-state index in [9.17, 15) is 4.79 Å².